The number of carbonyl (C=O) groups is 2. The van der Waals surface area contributed by atoms with Gasteiger partial charge in [0.1, 0.15) is 5.75 Å². The van der Waals surface area contributed by atoms with Gasteiger partial charge in [-0.3, -0.25) is 9.59 Å². The van der Waals surface area contributed by atoms with Gasteiger partial charge in [-0.15, -0.1) is 0 Å². The maximum atomic E-state index is 13.0. The molecule has 1 aliphatic rings. The largest absolute Gasteiger partial charge is 0.426 e. The molecule has 4 rings (SSSR count). The summed E-state index contributed by atoms with van der Waals surface area (Å²) in [5.41, 5.74) is 0.347. The molecule has 0 spiro atoms. The molecule has 8 heteroatoms. The highest BCUT2D eigenvalue weighted by molar-refractivity contribution is 7.89. The zero-order chi connectivity index (χ0) is 22.9. The van der Waals surface area contributed by atoms with Crippen molar-refractivity contribution >= 4 is 44.1 Å². The summed E-state index contributed by atoms with van der Waals surface area (Å²) in [6, 6.07) is 16.8. The first-order chi connectivity index (χ1) is 15.3. The van der Waals surface area contributed by atoms with Crippen LogP contribution in [0.1, 0.15) is 30.1 Å². The van der Waals surface area contributed by atoms with Gasteiger partial charge in [0.15, 0.2) is 5.78 Å². The summed E-state index contributed by atoms with van der Waals surface area (Å²) >= 11 is 6.23. The predicted molar refractivity (Wildman–Crippen MR) is 123 cm³/mol. The number of esters is 1. The van der Waals surface area contributed by atoms with E-state index in [2.05, 4.69) is 0 Å². The number of benzene rings is 3. The van der Waals surface area contributed by atoms with Crippen LogP contribution in [0.3, 0.4) is 0 Å². The number of halogens is 1. The molecule has 3 aromatic carbocycles. The van der Waals surface area contributed by atoms with Gasteiger partial charge < -0.3 is 4.74 Å². The van der Waals surface area contributed by atoms with Crippen molar-refractivity contribution in [2.45, 2.75) is 24.7 Å². The Labute approximate surface area is 191 Å². The average molecular weight is 472 g/mol. The fourth-order valence-electron chi connectivity index (χ4n) is 3.87. The number of ether oxygens (including phenoxy) is 1. The van der Waals surface area contributed by atoms with Crippen LogP contribution >= 0.6 is 11.6 Å². The second-order valence-electron chi connectivity index (χ2n) is 7.77. The van der Waals surface area contributed by atoms with Crippen molar-refractivity contribution in [3.05, 3.63) is 71.2 Å². The Bertz CT molecular complexity index is 1300. The smallest absolute Gasteiger partial charge is 0.314 e. The lowest BCUT2D eigenvalue weighted by atomic mass is 9.98. The van der Waals surface area contributed by atoms with Gasteiger partial charge in [0, 0.05) is 34.4 Å². The second-order valence-corrected chi connectivity index (χ2v) is 10.1. The maximum Gasteiger partial charge on any atom is 0.314 e. The topological polar surface area (TPSA) is 80.8 Å². The first kappa shape index (κ1) is 22.5. The summed E-state index contributed by atoms with van der Waals surface area (Å²) in [6.45, 7) is 1.80. The van der Waals surface area contributed by atoms with Crippen molar-refractivity contribution in [2.75, 3.05) is 13.1 Å². The highest BCUT2D eigenvalue weighted by atomic mass is 35.5. The molecular weight excluding hydrogens is 450 g/mol. The van der Waals surface area contributed by atoms with Gasteiger partial charge in [-0.1, -0.05) is 48.0 Å². The lowest BCUT2D eigenvalue weighted by Gasteiger charge is -2.30. The molecule has 6 nitrogen and oxygen atoms in total. The molecule has 0 aromatic heterocycles. The summed E-state index contributed by atoms with van der Waals surface area (Å²) in [6.07, 6.45) is 0.714. The summed E-state index contributed by atoms with van der Waals surface area (Å²) in [7, 11) is -3.75. The number of carbonyl (C=O) groups excluding carboxylic acids is 2. The number of ketones is 1. The quantitative estimate of drug-likeness (QED) is 0.306. The van der Waals surface area contributed by atoms with Crippen LogP contribution in [0.15, 0.2) is 65.6 Å². The monoisotopic (exact) mass is 471 g/mol. The first-order valence-corrected chi connectivity index (χ1v) is 12.1. The third-order valence-electron chi connectivity index (χ3n) is 5.71. The molecule has 0 N–H and O–H groups in total. The number of sulfonamides is 1. The van der Waals surface area contributed by atoms with Gasteiger partial charge in [-0.25, -0.2) is 8.42 Å². The zero-order valence-electron chi connectivity index (χ0n) is 17.5. The predicted octanol–water partition coefficient (Wildman–Crippen LogP) is 4.70. The van der Waals surface area contributed by atoms with E-state index in [0.29, 0.717) is 29.2 Å². The molecule has 1 saturated heterocycles. The van der Waals surface area contributed by atoms with Crippen molar-refractivity contribution in [3.63, 3.8) is 0 Å². The molecule has 0 amide bonds. The van der Waals surface area contributed by atoms with E-state index in [1.807, 2.05) is 24.3 Å². The SMILES string of the molecule is CC(=O)c1cccc(S(=O)(=O)N2CCC(C(=O)Oc3ccc(Cl)c4ccccc34)CC2)c1. The van der Waals surface area contributed by atoms with Crippen molar-refractivity contribution in [1.29, 1.82) is 0 Å². The maximum absolute atomic E-state index is 13.0. The van der Waals surface area contributed by atoms with Crippen molar-refractivity contribution in [3.8, 4) is 5.75 Å². The minimum absolute atomic E-state index is 0.0823. The highest BCUT2D eigenvalue weighted by Crippen LogP contribution is 2.33. The van der Waals surface area contributed by atoms with Gasteiger partial charge in [0.2, 0.25) is 10.0 Å². The van der Waals surface area contributed by atoms with Crippen LogP contribution < -0.4 is 4.74 Å². The standard InChI is InChI=1S/C24H22ClNO5S/c1-16(27)18-5-4-6-19(15-18)32(29,30)26-13-11-17(12-14-26)24(28)31-23-10-9-22(25)20-7-2-3-8-21(20)23/h2-10,15,17H,11-14H2,1H3. The Balaban J connectivity index is 1.45. The van der Waals surface area contributed by atoms with Gasteiger partial charge in [0.25, 0.3) is 0 Å². The van der Waals surface area contributed by atoms with Crippen LogP contribution in [0.2, 0.25) is 5.02 Å². The number of rotatable bonds is 5. The summed E-state index contributed by atoms with van der Waals surface area (Å²) in [5, 5.41) is 2.12. The highest BCUT2D eigenvalue weighted by Gasteiger charge is 2.33. The Morgan fingerprint density at radius 2 is 1.66 bits per heavy atom. The Kier molecular flexibility index (Phi) is 6.33. The van der Waals surface area contributed by atoms with Crippen LogP contribution in [-0.4, -0.2) is 37.6 Å². The van der Waals surface area contributed by atoms with Gasteiger partial charge in [-0.05, 0) is 44.0 Å². The van der Waals surface area contributed by atoms with Crippen LogP contribution in [0.4, 0.5) is 0 Å². The zero-order valence-corrected chi connectivity index (χ0v) is 19.0. The van der Waals surface area contributed by atoms with Crippen molar-refractivity contribution in [2.24, 2.45) is 5.92 Å². The van der Waals surface area contributed by atoms with Gasteiger partial charge in [-0.2, -0.15) is 4.31 Å². The molecular formula is C24H22ClNO5S. The van der Waals surface area contributed by atoms with Crippen molar-refractivity contribution in [1.82, 2.24) is 4.31 Å². The fraction of sp³-hybridized carbons (Fsp3) is 0.250. The molecule has 3 aromatic rings. The summed E-state index contributed by atoms with van der Waals surface area (Å²) < 4.78 is 33.0. The number of hydrogen-bond donors (Lipinski definition) is 0. The molecule has 0 atom stereocenters. The summed E-state index contributed by atoms with van der Waals surface area (Å²) in [4.78, 5) is 24.5. The molecule has 32 heavy (non-hydrogen) atoms. The molecule has 0 bridgehead atoms. The van der Waals surface area contributed by atoms with Crippen LogP contribution in [0.25, 0.3) is 10.8 Å². The van der Waals surface area contributed by atoms with Crippen molar-refractivity contribution < 1.29 is 22.7 Å². The van der Waals surface area contributed by atoms with Crippen LogP contribution in [-0.2, 0) is 14.8 Å². The second kappa shape index (κ2) is 9.02. The molecule has 1 aliphatic heterocycles. The third kappa shape index (κ3) is 4.41. The molecule has 0 unspecified atom stereocenters. The first-order valence-electron chi connectivity index (χ1n) is 10.3. The minimum atomic E-state index is -3.75. The van der Waals surface area contributed by atoms with Gasteiger partial charge in [0.05, 0.1) is 10.8 Å². The normalized spacial score (nSPS) is 15.6. The summed E-state index contributed by atoms with van der Waals surface area (Å²) in [5.74, 6) is -0.545. The lowest BCUT2D eigenvalue weighted by Crippen LogP contribution is -2.41. The Morgan fingerprint density at radius 1 is 0.969 bits per heavy atom. The minimum Gasteiger partial charge on any atom is -0.426 e. The fourth-order valence-corrected chi connectivity index (χ4v) is 5.62. The Hall–Kier alpha value is -2.74. The van der Waals surface area contributed by atoms with E-state index in [1.54, 1.807) is 24.3 Å². The van der Waals surface area contributed by atoms with E-state index in [1.165, 1.54) is 23.4 Å². The lowest BCUT2D eigenvalue weighted by molar-refractivity contribution is -0.140. The van der Waals surface area contributed by atoms with E-state index in [9.17, 15) is 18.0 Å². The Morgan fingerprint density at radius 3 is 2.34 bits per heavy atom. The van der Waals surface area contributed by atoms with E-state index < -0.39 is 15.9 Å². The number of hydrogen-bond acceptors (Lipinski definition) is 5. The molecule has 0 radical (unpaired) electrons. The van der Waals surface area contributed by atoms with E-state index in [0.717, 1.165) is 10.8 Å². The van der Waals surface area contributed by atoms with E-state index in [4.69, 9.17) is 16.3 Å². The molecule has 1 heterocycles. The molecule has 1 fully saturated rings. The molecule has 0 aliphatic carbocycles. The van der Waals surface area contributed by atoms with E-state index >= 15 is 0 Å². The molecule has 166 valence electrons. The number of nitrogens with zero attached hydrogens (tertiary/aromatic N) is 1. The van der Waals surface area contributed by atoms with E-state index in [-0.39, 0.29) is 29.7 Å². The number of piperidine rings is 1. The number of fused-ring (bicyclic) bond motifs is 1. The van der Waals surface area contributed by atoms with Crippen LogP contribution in [0, 0.1) is 5.92 Å². The van der Waals surface area contributed by atoms with Crippen LogP contribution in [0.5, 0.6) is 5.75 Å². The number of Topliss-reactive ketones (excluding diaryl/α,β-unsaturated/α-hetero) is 1. The molecule has 0 saturated carbocycles. The average Bonchev–Trinajstić information content (AvgIpc) is 2.81. The van der Waals surface area contributed by atoms with Gasteiger partial charge >= 0.3 is 5.97 Å². The third-order valence-corrected chi connectivity index (χ3v) is 7.93.